The first-order valence-electron chi connectivity index (χ1n) is 9.96. The van der Waals surface area contributed by atoms with Crippen LogP contribution in [-0.4, -0.2) is 47.1 Å². The monoisotopic (exact) mass is 405 g/mol. The van der Waals surface area contributed by atoms with Crippen LogP contribution in [0.4, 0.5) is 20.7 Å². The molecule has 1 fully saturated rings. The number of piperazine rings is 1. The molecule has 154 valence electrons. The largest absolute Gasteiger partial charge is 0.353 e. The summed E-state index contributed by atoms with van der Waals surface area (Å²) in [5, 5.41) is 3.01. The number of carbonyl (C=O) groups is 1. The van der Waals surface area contributed by atoms with Crippen LogP contribution in [0.5, 0.6) is 0 Å². The summed E-state index contributed by atoms with van der Waals surface area (Å²) in [7, 11) is 0. The molecular weight excluding hydrogens is 381 g/mol. The first-order chi connectivity index (χ1) is 14.5. The third-order valence-electron chi connectivity index (χ3n) is 5.31. The second kappa shape index (κ2) is 8.49. The number of carbonyl (C=O) groups excluding carboxylic acids is 1. The summed E-state index contributed by atoms with van der Waals surface area (Å²) >= 11 is 0. The summed E-state index contributed by atoms with van der Waals surface area (Å²) in [5.74, 6) is 0.530. The van der Waals surface area contributed by atoms with Gasteiger partial charge in [-0.3, -0.25) is 0 Å². The number of urea groups is 1. The lowest BCUT2D eigenvalue weighted by Crippen LogP contribution is -2.50. The third-order valence-corrected chi connectivity index (χ3v) is 5.31. The summed E-state index contributed by atoms with van der Waals surface area (Å²) < 4.78 is 13.2. The Morgan fingerprint density at radius 1 is 0.967 bits per heavy atom. The highest BCUT2D eigenvalue weighted by molar-refractivity contribution is 5.90. The molecule has 1 aliphatic rings. The molecule has 0 unspecified atom stereocenters. The fourth-order valence-electron chi connectivity index (χ4n) is 3.59. The van der Waals surface area contributed by atoms with Crippen molar-refractivity contribution in [2.75, 3.05) is 36.4 Å². The van der Waals surface area contributed by atoms with Gasteiger partial charge < -0.3 is 15.1 Å². The Morgan fingerprint density at radius 3 is 2.40 bits per heavy atom. The maximum atomic E-state index is 13.2. The van der Waals surface area contributed by atoms with E-state index in [1.165, 1.54) is 24.0 Å². The minimum Gasteiger partial charge on any atom is -0.353 e. The second-order valence-corrected chi connectivity index (χ2v) is 7.49. The van der Waals surface area contributed by atoms with E-state index < -0.39 is 0 Å². The molecule has 1 N–H and O–H groups in total. The molecule has 0 atom stereocenters. The van der Waals surface area contributed by atoms with Gasteiger partial charge in [0, 0.05) is 43.5 Å². The van der Waals surface area contributed by atoms with Crippen molar-refractivity contribution >= 4 is 17.5 Å². The molecule has 1 aromatic heterocycles. The van der Waals surface area contributed by atoms with Gasteiger partial charge in [0.1, 0.15) is 18.0 Å². The number of halogens is 1. The van der Waals surface area contributed by atoms with E-state index in [1.807, 2.05) is 36.9 Å². The van der Waals surface area contributed by atoms with Crippen molar-refractivity contribution in [2.24, 2.45) is 0 Å². The Morgan fingerprint density at radius 2 is 1.70 bits per heavy atom. The van der Waals surface area contributed by atoms with Gasteiger partial charge >= 0.3 is 6.03 Å². The van der Waals surface area contributed by atoms with Crippen LogP contribution in [0.1, 0.15) is 11.1 Å². The SMILES string of the molecule is Cc1ccc(NC(=O)N2CCN(c3cc(-c4ccc(F)cc4)ncn3)CC2)c(C)c1. The molecule has 3 aromatic rings. The van der Waals surface area contributed by atoms with Gasteiger partial charge in [0.25, 0.3) is 0 Å². The molecule has 7 heteroatoms. The molecule has 6 nitrogen and oxygen atoms in total. The van der Waals surface area contributed by atoms with Crippen LogP contribution in [-0.2, 0) is 0 Å². The molecule has 1 aliphatic heterocycles. The van der Waals surface area contributed by atoms with Crippen LogP contribution in [0.2, 0.25) is 0 Å². The average molecular weight is 405 g/mol. The van der Waals surface area contributed by atoms with E-state index in [0.29, 0.717) is 26.2 Å². The minimum atomic E-state index is -0.275. The van der Waals surface area contributed by atoms with Crippen molar-refractivity contribution in [1.82, 2.24) is 14.9 Å². The molecule has 2 heterocycles. The van der Waals surface area contributed by atoms with Crippen LogP contribution in [0.3, 0.4) is 0 Å². The Balaban J connectivity index is 1.39. The number of aromatic nitrogens is 2. The smallest absolute Gasteiger partial charge is 0.321 e. The normalized spacial score (nSPS) is 14.0. The molecule has 2 amide bonds. The van der Waals surface area contributed by atoms with E-state index in [-0.39, 0.29) is 11.8 Å². The molecule has 0 spiro atoms. The maximum Gasteiger partial charge on any atom is 0.321 e. The Bertz CT molecular complexity index is 1050. The molecule has 0 bridgehead atoms. The van der Waals surface area contributed by atoms with Crippen LogP contribution >= 0.6 is 0 Å². The molecular formula is C23H24FN5O. The van der Waals surface area contributed by atoms with Gasteiger partial charge in [-0.1, -0.05) is 17.7 Å². The molecule has 30 heavy (non-hydrogen) atoms. The lowest BCUT2D eigenvalue weighted by atomic mass is 10.1. The number of anilines is 2. The number of aryl methyl sites for hydroxylation is 2. The van der Waals surface area contributed by atoms with Gasteiger partial charge in [-0.05, 0) is 49.7 Å². The van der Waals surface area contributed by atoms with Crippen molar-refractivity contribution < 1.29 is 9.18 Å². The Labute approximate surface area is 175 Å². The fourth-order valence-corrected chi connectivity index (χ4v) is 3.59. The predicted molar refractivity (Wildman–Crippen MR) is 116 cm³/mol. The molecule has 1 saturated heterocycles. The Kier molecular flexibility index (Phi) is 5.61. The summed E-state index contributed by atoms with van der Waals surface area (Å²) in [6, 6.07) is 14.1. The topological polar surface area (TPSA) is 61.4 Å². The zero-order valence-electron chi connectivity index (χ0n) is 17.1. The number of nitrogens with one attached hydrogen (secondary N) is 1. The van der Waals surface area contributed by atoms with Gasteiger partial charge in [-0.25, -0.2) is 19.2 Å². The van der Waals surface area contributed by atoms with Crippen LogP contribution in [0.15, 0.2) is 54.9 Å². The van der Waals surface area contributed by atoms with Crippen molar-refractivity contribution in [2.45, 2.75) is 13.8 Å². The first kappa shape index (κ1) is 19.8. The van der Waals surface area contributed by atoms with E-state index in [2.05, 4.69) is 26.3 Å². The maximum absolute atomic E-state index is 13.2. The van der Waals surface area contributed by atoms with Gasteiger partial charge in [-0.15, -0.1) is 0 Å². The highest BCUT2D eigenvalue weighted by Crippen LogP contribution is 2.22. The summed E-state index contributed by atoms with van der Waals surface area (Å²) in [6.07, 6.45) is 1.52. The molecule has 2 aromatic carbocycles. The van der Waals surface area contributed by atoms with E-state index in [0.717, 1.165) is 28.3 Å². The third kappa shape index (κ3) is 4.40. The van der Waals surface area contributed by atoms with E-state index in [1.54, 1.807) is 12.1 Å². The summed E-state index contributed by atoms with van der Waals surface area (Å²) in [4.78, 5) is 25.3. The highest BCUT2D eigenvalue weighted by Gasteiger charge is 2.22. The van der Waals surface area contributed by atoms with Crippen LogP contribution in [0.25, 0.3) is 11.3 Å². The predicted octanol–water partition coefficient (Wildman–Crippen LogP) is 4.25. The van der Waals surface area contributed by atoms with E-state index in [4.69, 9.17) is 0 Å². The average Bonchev–Trinajstić information content (AvgIpc) is 2.76. The zero-order chi connectivity index (χ0) is 21.1. The standard InChI is InChI=1S/C23H24FN5O/c1-16-3-8-20(17(2)13-16)27-23(30)29-11-9-28(10-12-29)22-14-21(25-15-26-22)18-4-6-19(24)7-5-18/h3-8,13-15H,9-12H2,1-2H3,(H,27,30). The number of rotatable bonds is 3. The quantitative estimate of drug-likeness (QED) is 0.708. The lowest BCUT2D eigenvalue weighted by Gasteiger charge is -2.35. The number of amides is 2. The van der Waals surface area contributed by atoms with E-state index >= 15 is 0 Å². The number of nitrogens with zero attached hydrogens (tertiary/aromatic N) is 4. The van der Waals surface area contributed by atoms with Crippen molar-refractivity contribution in [1.29, 1.82) is 0 Å². The van der Waals surface area contributed by atoms with Gasteiger partial charge in [-0.2, -0.15) is 0 Å². The summed E-state index contributed by atoms with van der Waals surface area (Å²) in [5.41, 5.74) is 4.65. The second-order valence-electron chi connectivity index (χ2n) is 7.49. The molecule has 0 radical (unpaired) electrons. The highest BCUT2D eigenvalue weighted by atomic mass is 19.1. The lowest BCUT2D eigenvalue weighted by molar-refractivity contribution is 0.208. The summed E-state index contributed by atoms with van der Waals surface area (Å²) in [6.45, 7) is 6.60. The molecule has 4 rings (SSSR count). The first-order valence-corrected chi connectivity index (χ1v) is 9.96. The number of hydrogen-bond acceptors (Lipinski definition) is 4. The van der Waals surface area contributed by atoms with Gasteiger partial charge in [0.15, 0.2) is 0 Å². The number of hydrogen-bond donors (Lipinski definition) is 1. The zero-order valence-corrected chi connectivity index (χ0v) is 17.1. The molecule has 0 aliphatic carbocycles. The fraction of sp³-hybridized carbons (Fsp3) is 0.261. The van der Waals surface area contributed by atoms with Crippen molar-refractivity contribution in [3.63, 3.8) is 0 Å². The van der Waals surface area contributed by atoms with Crippen molar-refractivity contribution in [3.05, 3.63) is 71.8 Å². The number of benzene rings is 2. The molecule has 0 saturated carbocycles. The Hall–Kier alpha value is -3.48. The minimum absolute atomic E-state index is 0.0868. The van der Waals surface area contributed by atoms with Crippen LogP contribution in [0, 0.1) is 19.7 Å². The van der Waals surface area contributed by atoms with Crippen molar-refractivity contribution in [3.8, 4) is 11.3 Å². The van der Waals surface area contributed by atoms with Gasteiger partial charge in [0.05, 0.1) is 5.69 Å². The van der Waals surface area contributed by atoms with E-state index in [9.17, 15) is 9.18 Å². The van der Waals surface area contributed by atoms with Gasteiger partial charge in [0.2, 0.25) is 0 Å². The van der Waals surface area contributed by atoms with Crippen LogP contribution < -0.4 is 10.2 Å².